The smallest absolute Gasteiger partial charge is 0.287 e. The Morgan fingerprint density at radius 2 is 2.05 bits per heavy atom. The van der Waals surface area contributed by atoms with E-state index in [0.717, 1.165) is 11.4 Å². The zero-order valence-electron chi connectivity index (χ0n) is 11.3. The van der Waals surface area contributed by atoms with Gasteiger partial charge in [-0.2, -0.15) is 10.2 Å². The van der Waals surface area contributed by atoms with Crippen molar-refractivity contribution in [2.24, 2.45) is 7.05 Å². The predicted octanol–water partition coefficient (Wildman–Crippen LogP) is 2.26. The molecule has 7 heteroatoms. The van der Waals surface area contributed by atoms with Gasteiger partial charge >= 0.3 is 0 Å². The normalized spacial score (nSPS) is 11.1. The third-order valence-electron chi connectivity index (χ3n) is 2.72. The monoisotopic (exact) mass is 281 g/mol. The molecule has 0 unspecified atom stereocenters. The van der Waals surface area contributed by atoms with E-state index in [2.05, 4.69) is 15.5 Å². The SMILES string of the molecule is Cc1nn(C)cc1Nc1cnn(C(C)C)c(=O)c1Cl. The number of rotatable bonds is 3. The van der Waals surface area contributed by atoms with Gasteiger partial charge < -0.3 is 5.32 Å². The van der Waals surface area contributed by atoms with E-state index in [0.29, 0.717) is 5.69 Å². The minimum atomic E-state index is -0.303. The number of nitrogens with one attached hydrogen (secondary N) is 1. The predicted molar refractivity (Wildman–Crippen MR) is 75.1 cm³/mol. The van der Waals surface area contributed by atoms with Crippen molar-refractivity contribution in [2.75, 3.05) is 5.32 Å². The second-order valence-corrected chi connectivity index (χ2v) is 5.02. The van der Waals surface area contributed by atoms with Gasteiger partial charge in [-0.25, -0.2) is 4.68 Å². The van der Waals surface area contributed by atoms with Crippen molar-refractivity contribution in [3.63, 3.8) is 0 Å². The maximum atomic E-state index is 12.0. The van der Waals surface area contributed by atoms with E-state index >= 15 is 0 Å². The molecule has 0 aliphatic carbocycles. The van der Waals surface area contributed by atoms with E-state index in [-0.39, 0.29) is 16.6 Å². The molecule has 0 saturated heterocycles. The first-order chi connectivity index (χ1) is 8.90. The summed E-state index contributed by atoms with van der Waals surface area (Å²) in [6.07, 6.45) is 3.37. The number of hydrogen-bond acceptors (Lipinski definition) is 4. The largest absolute Gasteiger partial charge is 0.350 e. The Morgan fingerprint density at radius 3 is 2.58 bits per heavy atom. The van der Waals surface area contributed by atoms with Gasteiger partial charge in [-0.1, -0.05) is 11.6 Å². The van der Waals surface area contributed by atoms with E-state index < -0.39 is 0 Å². The first kappa shape index (κ1) is 13.6. The zero-order chi connectivity index (χ0) is 14.2. The first-order valence-electron chi connectivity index (χ1n) is 5.94. The number of nitrogens with zero attached hydrogens (tertiary/aromatic N) is 4. The van der Waals surface area contributed by atoms with Crippen LogP contribution in [0.15, 0.2) is 17.2 Å². The Kier molecular flexibility index (Phi) is 3.61. The van der Waals surface area contributed by atoms with Crippen molar-refractivity contribution in [1.29, 1.82) is 0 Å². The van der Waals surface area contributed by atoms with E-state index in [4.69, 9.17) is 11.6 Å². The number of hydrogen-bond donors (Lipinski definition) is 1. The Hall–Kier alpha value is -1.82. The summed E-state index contributed by atoms with van der Waals surface area (Å²) in [6, 6.07) is -0.0285. The fraction of sp³-hybridized carbons (Fsp3) is 0.417. The quantitative estimate of drug-likeness (QED) is 0.937. The van der Waals surface area contributed by atoms with Gasteiger partial charge in [0.25, 0.3) is 5.56 Å². The maximum Gasteiger partial charge on any atom is 0.287 e. The van der Waals surface area contributed by atoms with Crippen molar-refractivity contribution in [1.82, 2.24) is 19.6 Å². The molecule has 2 aromatic rings. The van der Waals surface area contributed by atoms with Crippen LogP contribution in [0.2, 0.25) is 5.02 Å². The lowest BCUT2D eigenvalue weighted by Crippen LogP contribution is -2.25. The molecule has 1 N–H and O–H groups in total. The van der Waals surface area contributed by atoms with Crippen molar-refractivity contribution >= 4 is 23.0 Å². The molecule has 0 spiro atoms. The number of aromatic nitrogens is 4. The fourth-order valence-electron chi connectivity index (χ4n) is 1.77. The highest BCUT2D eigenvalue weighted by atomic mass is 35.5. The summed E-state index contributed by atoms with van der Waals surface area (Å²) in [5, 5.41) is 11.5. The van der Waals surface area contributed by atoms with Crippen LogP contribution in [0.1, 0.15) is 25.6 Å². The van der Waals surface area contributed by atoms with Crippen LogP contribution in [0.4, 0.5) is 11.4 Å². The number of halogens is 1. The first-order valence-corrected chi connectivity index (χ1v) is 6.32. The van der Waals surface area contributed by atoms with Gasteiger partial charge in [-0.05, 0) is 20.8 Å². The second-order valence-electron chi connectivity index (χ2n) is 4.64. The van der Waals surface area contributed by atoms with Crippen LogP contribution in [0.3, 0.4) is 0 Å². The molecule has 0 radical (unpaired) electrons. The van der Waals surface area contributed by atoms with E-state index in [9.17, 15) is 4.79 Å². The summed E-state index contributed by atoms with van der Waals surface area (Å²) in [5.41, 5.74) is 1.81. The third kappa shape index (κ3) is 2.63. The molecule has 6 nitrogen and oxygen atoms in total. The van der Waals surface area contributed by atoms with Gasteiger partial charge in [-0.15, -0.1) is 0 Å². The zero-order valence-corrected chi connectivity index (χ0v) is 12.1. The summed E-state index contributed by atoms with van der Waals surface area (Å²) in [7, 11) is 1.83. The molecular formula is C12H16ClN5O. The molecular weight excluding hydrogens is 266 g/mol. The van der Waals surface area contributed by atoms with Crippen LogP contribution in [-0.4, -0.2) is 19.6 Å². The highest BCUT2D eigenvalue weighted by Crippen LogP contribution is 2.23. The van der Waals surface area contributed by atoms with Gasteiger partial charge in [0.1, 0.15) is 5.02 Å². The summed E-state index contributed by atoms with van der Waals surface area (Å²) >= 11 is 6.09. The van der Waals surface area contributed by atoms with Crippen molar-refractivity contribution in [2.45, 2.75) is 26.8 Å². The van der Waals surface area contributed by atoms with Crippen molar-refractivity contribution in [3.05, 3.63) is 33.5 Å². The highest BCUT2D eigenvalue weighted by molar-refractivity contribution is 6.33. The Bertz CT molecular complexity index is 659. The van der Waals surface area contributed by atoms with Gasteiger partial charge in [0.2, 0.25) is 0 Å². The molecule has 2 heterocycles. The summed E-state index contributed by atoms with van der Waals surface area (Å²) in [4.78, 5) is 12.0. The average Bonchev–Trinajstić information content (AvgIpc) is 2.63. The molecule has 19 heavy (non-hydrogen) atoms. The van der Waals surface area contributed by atoms with Crippen LogP contribution in [0, 0.1) is 6.92 Å². The minimum Gasteiger partial charge on any atom is -0.350 e. The minimum absolute atomic E-state index is 0.0285. The molecule has 0 amide bonds. The molecule has 102 valence electrons. The average molecular weight is 282 g/mol. The van der Waals surface area contributed by atoms with Crippen molar-refractivity contribution < 1.29 is 0 Å². The van der Waals surface area contributed by atoms with Gasteiger partial charge in [0.05, 0.1) is 29.3 Å². The lowest BCUT2D eigenvalue weighted by molar-refractivity contribution is 0.503. The molecule has 0 aromatic carbocycles. The van der Waals surface area contributed by atoms with Gasteiger partial charge in [-0.3, -0.25) is 9.48 Å². The summed E-state index contributed by atoms with van der Waals surface area (Å²) in [5.74, 6) is 0. The lowest BCUT2D eigenvalue weighted by Gasteiger charge is -2.11. The molecule has 0 aliphatic heterocycles. The number of aryl methyl sites for hydroxylation is 2. The van der Waals surface area contributed by atoms with E-state index in [1.165, 1.54) is 4.68 Å². The van der Waals surface area contributed by atoms with E-state index in [1.54, 1.807) is 10.9 Å². The lowest BCUT2D eigenvalue weighted by atomic mass is 10.3. The second kappa shape index (κ2) is 5.05. The van der Waals surface area contributed by atoms with Crippen LogP contribution in [-0.2, 0) is 7.05 Å². The molecule has 0 aliphatic rings. The Morgan fingerprint density at radius 1 is 1.37 bits per heavy atom. The van der Waals surface area contributed by atoms with Crippen LogP contribution in [0.25, 0.3) is 0 Å². The van der Waals surface area contributed by atoms with Crippen LogP contribution >= 0.6 is 11.6 Å². The maximum absolute atomic E-state index is 12.0. The summed E-state index contributed by atoms with van der Waals surface area (Å²) in [6.45, 7) is 5.63. The molecule has 2 aromatic heterocycles. The highest BCUT2D eigenvalue weighted by Gasteiger charge is 2.12. The summed E-state index contributed by atoms with van der Waals surface area (Å²) < 4.78 is 3.04. The topological polar surface area (TPSA) is 64.7 Å². The molecule has 0 bridgehead atoms. The van der Waals surface area contributed by atoms with Gasteiger partial charge in [0, 0.05) is 13.2 Å². The number of anilines is 2. The fourth-order valence-corrected chi connectivity index (χ4v) is 1.95. The Balaban J connectivity index is 2.40. The van der Waals surface area contributed by atoms with E-state index in [1.807, 2.05) is 34.0 Å². The third-order valence-corrected chi connectivity index (χ3v) is 3.08. The molecule has 0 fully saturated rings. The van der Waals surface area contributed by atoms with Crippen LogP contribution in [0.5, 0.6) is 0 Å². The van der Waals surface area contributed by atoms with Gasteiger partial charge in [0.15, 0.2) is 0 Å². The molecule has 0 saturated carbocycles. The standard InChI is InChI=1S/C12H16ClN5O/c1-7(2)18-12(19)11(13)9(5-14-18)15-10-6-17(4)16-8(10)3/h5-7,15H,1-4H3. The Labute approximate surface area is 116 Å². The molecule has 0 atom stereocenters. The molecule has 2 rings (SSSR count). The van der Waals surface area contributed by atoms with Crippen molar-refractivity contribution in [3.8, 4) is 0 Å². The van der Waals surface area contributed by atoms with Crippen LogP contribution < -0.4 is 10.9 Å².